The maximum Gasteiger partial charge on any atom is 0.226 e. The van der Waals surface area contributed by atoms with Gasteiger partial charge in [0.15, 0.2) is 6.61 Å². The Balaban J connectivity index is 2.17. The Labute approximate surface area is 121 Å². The highest BCUT2D eigenvalue weighted by atomic mass is 35.5. The lowest BCUT2D eigenvalue weighted by atomic mass is 10.2. The Morgan fingerprint density at radius 3 is 2.95 bits per heavy atom. The Morgan fingerprint density at radius 1 is 1.42 bits per heavy atom. The SMILES string of the molecule is CC(C)SC(=O)COc1ccc(Cl)c2cccnc12. The van der Waals surface area contributed by atoms with Gasteiger partial charge in [0.25, 0.3) is 0 Å². The first-order valence-corrected chi connectivity index (χ1v) is 7.19. The number of rotatable bonds is 4. The van der Waals surface area contributed by atoms with Crippen LogP contribution in [0.25, 0.3) is 10.9 Å². The molecule has 2 aromatic rings. The molecular weight excluding hydrogens is 282 g/mol. The Kier molecular flexibility index (Phi) is 4.66. The third-order valence-corrected chi connectivity index (χ3v) is 3.57. The fourth-order valence-electron chi connectivity index (χ4n) is 1.66. The zero-order valence-electron chi connectivity index (χ0n) is 10.7. The third-order valence-electron chi connectivity index (χ3n) is 2.39. The van der Waals surface area contributed by atoms with Crippen molar-refractivity contribution < 1.29 is 9.53 Å². The zero-order chi connectivity index (χ0) is 13.8. The molecule has 2 rings (SSSR count). The molecule has 100 valence electrons. The van der Waals surface area contributed by atoms with Gasteiger partial charge in [-0.15, -0.1) is 0 Å². The quantitative estimate of drug-likeness (QED) is 0.856. The second-order valence-corrected chi connectivity index (χ2v) is 6.31. The zero-order valence-corrected chi connectivity index (χ0v) is 12.3. The summed E-state index contributed by atoms with van der Waals surface area (Å²) in [6, 6.07) is 7.19. The van der Waals surface area contributed by atoms with Crippen molar-refractivity contribution in [3.05, 3.63) is 35.5 Å². The van der Waals surface area contributed by atoms with Gasteiger partial charge < -0.3 is 4.74 Å². The van der Waals surface area contributed by atoms with E-state index in [0.29, 0.717) is 16.3 Å². The molecule has 0 spiro atoms. The summed E-state index contributed by atoms with van der Waals surface area (Å²) < 4.78 is 5.55. The highest BCUT2D eigenvalue weighted by molar-refractivity contribution is 8.14. The molecule has 0 radical (unpaired) electrons. The van der Waals surface area contributed by atoms with Crippen LogP contribution in [0.1, 0.15) is 13.8 Å². The summed E-state index contributed by atoms with van der Waals surface area (Å²) in [7, 11) is 0. The van der Waals surface area contributed by atoms with Crippen molar-refractivity contribution in [1.82, 2.24) is 4.98 Å². The number of thioether (sulfide) groups is 1. The Morgan fingerprint density at radius 2 is 2.21 bits per heavy atom. The lowest BCUT2D eigenvalue weighted by Crippen LogP contribution is -2.10. The van der Waals surface area contributed by atoms with Crippen molar-refractivity contribution in [1.29, 1.82) is 0 Å². The Bertz CT molecular complexity index is 601. The van der Waals surface area contributed by atoms with Crippen LogP contribution in [-0.2, 0) is 4.79 Å². The second-order valence-electron chi connectivity index (χ2n) is 4.27. The van der Waals surface area contributed by atoms with Gasteiger partial charge in [-0.25, -0.2) is 0 Å². The van der Waals surface area contributed by atoms with Crippen molar-refractivity contribution in [2.75, 3.05) is 6.61 Å². The van der Waals surface area contributed by atoms with Crippen LogP contribution in [-0.4, -0.2) is 22.0 Å². The second kappa shape index (κ2) is 6.26. The van der Waals surface area contributed by atoms with Crippen molar-refractivity contribution in [3.8, 4) is 5.75 Å². The molecule has 0 saturated heterocycles. The molecule has 0 amide bonds. The van der Waals surface area contributed by atoms with E-state index in [2.05, 4.69) is 4.98 Å². The normalized spacial score (nSPS) is 10.9. The minimum absolute atomic E-state index is 0.00836. The van der Waals surface area contributed by atoms with E-state index in [0.717, 1.165) is 5.39 Å². The number of hydrogen-bond acceptors (Lipinski definition) is 4. The predicted octanol–water partition coefficient (Wildman–Crippen LogP) is 3.94. The first-order valence-electron chi connectivity index (χ1n) is 5.93. The number of hydrogen-bond donors (Lipinski definition) is 0. The molecule has 0 bridgehead atoms. The van der Waals surface area contributed by atoms with Crippen LogP contribution in [0, 0.1) is 0 Å². The van der Waals surface area contributed by atoms with Gasteiger partial charge in [0.1, 0.15) is 11.3 Å². The smallest absolute Gasteiger partial charge is 0.226 e. The van der Waals surface area contributed by atoms with Crippen molar-refractivity contribution in [2.45, 2.75) is 19.1 Å². The number of fused-ring (bicyclic) bond motifs is 1. The summed E-state index contributed by atoms with van der Waals surface area (Å²) in [5.41, 5.74) is 0.678. The topological polar surface area (TPSA) is 39.2 Å². The molecule has 5 heteroatoms. The maximum atomic E-state index is 11.6. The minimum Gasteiger partial charge on any atom is -0.483 e. The van der Waals surface area contributed by atoms with Crippen molar-refractivity contribution in [2.24, 2.45) is 0 Å². The molecule has 3 nitrogen and oxygen atoms in total. The molecule has 0 unspecified atom stereocenters. The van der Waals surface area contributed by atoms with Gasteiger partial charge in [-0.05, 0) is 24.3 Å². The van der Waals surface area contributed by atoms with E-state index in [4.69, 9.17) is 16.3 Å². The lowest BCUT2D eigenvalue weighted by Gasteiger charge is -2.09. The van der Waals surface area contributed by atoms with E-state index in [1.165, 1.54) is 11.8 Å². The molecule has 1 aromatic heterocycles. The molecule has 1 heterocycles. The molecular formula is C14H14ClNO2S. The first kappa shape index (κ1) is 14.2. The number of halogens is 1. The number of ether oxygens (including phenoxy) is 1. The van der Waals surface area contributed by atoms with Crippen molar-refractivity contribution >= 4 is 39.4 Å². The number of pyridine rings is 1. The third kappa shape index (κ3) is 3.61. The molecule has 1 aromatic carbocycles. The highest BCUT2D eigenvalue weighted by Crippen LogP contribution is 2.29. The molecule has 0 atom stereocenters. The summed E-state index contributed by atoms with van der Waals surface area (Å²) in [5.74, 6) is 0.581. The average Bonchev–Trinajstić information content (AvgIpc) is 2.37. The van der Waals surface area contributed by atoms with E-state index in [1.54, 1.807) is 18.3 Å². The summed E-state index contributed by atoms with van der Waals surface area (Å²) in [6.45, 7) is 3.99. The lowest BCUT2D eigenvalue weighted by molar-refractivity contribution is -0.112. The van der Waals surface area contributed by atoms with E-state index in [-0.39, 0.29) is 17.0 Å². The maximum absolute atomic E-state index is 11.6. The van der Waals surface area contributed by atoms with Gasteiger partial charge in [-0.2, -0.15) is 0 Å². The highest BCUT2D eigenvalue weighted by Gasteiger charge is 2.10. The predicted molar refractivity (Wildman–Crippen MR) is 80.0 cm³/mol. The van der Waals surface area contributed by atoms with Crippen LogP contribution in [0.4, 0.5) is 0 Å². The summed E-state index contributed by atoms with van der Waals surface area (Å²) in [4.78, 5) is 15.9. The summed E-state index contributed by atoms with van der Waals surface area (Å²) in [5, 5.41) is 1.72. The summed E-state index contributed by atoms with van der Waals surface area (Å²) in [6.07, 6.45) is 1.68. The summed E-state index contributed by atoms with van der Waals surface area (Å²) >= 11 is 7.37. The van der Waals surface area contributed by atoms with Crippen LogP contribution >= 0.6 is 23.4 Å². The van der Waals surface area contributed by atoms with Crippen molar-refractivity contribution in [3.63, 3.8) is 0 Å². The fraction of sp³-hybridized carbons (Fsp3) is 0.286. The number of carbonyl (C=O) groups excluding carboxylic acids is 1. The average molecular weight is 296 g/mol. The molecule has 0 saturated carbocycles. The molecule has 0 aliphatic rings. The molecule has 0 aliphatic heterocycles. The van der Waals surface area contributed by atoms with Gasteiger partial charge in [0, 0.05) is 16.8 Å². The van der Waals surface area contributed by atoms with Crippen LogP contribution in [0.3, 0.4) is 0 Å². The monoisotopic (exact) mass is 295 g/mol. The number of carbonyl (C=O) groups is 1. The number of nitrogens with zero attached hydrogens (tertiary/aromatic N) is 1. The number of aromatic nitrogens is 1. The largest absolute Gasteiger partial charge is 0.483 e. The van der Waals surface area contributed by atoms with Crippen LogP contribution < -0.4 is 4.74 Å². The van der Waals surface area contributed by atoms with Gasteiger partial charge in [-0.1, -0.05) is 37.2 Å². The van der Waals surface area contributed by atoms with E-state index >= 15 is 0 Å². The van der Waals surface area contributed by atoms with Crippen LogP contribution in [0.2, 0.25) is 5.02 Å². The fourth-order valence-corrected chi connectivity index (χ4v) is 2.53. The number of benzene rings is 1. The molecule has 19 heavy (non-hydrogen) atoms. The van der Waals surface area contributed by atoms with E-state index in [9.17, 15) is 4.79 Å². The van der Waals surface area contributed by atoms with Gasteiger partial charge in [0.05, 0.1) is 5.02 Å². The van der Waals surface area contributed by atoms with Gasteiger partial charge in [-0.3, -0.25) is 9.78 Å². The minimum atomic E-state index is 0.00836. The Hall–Kier alpha value is -1.26. The van der Waals surface area contributed by atoms with Crippen LogP contribution in [0.5, 0.6) is 5.75 Å². The molecule has 0 aliphatic carbocycles. The van der Waals surface area contributed by atoms with E-state index < -0.39 is 0 Å². The van der Waals surface area contributed by atoms with Gasteiger partial charge in [0.2, 0.25) is 5.12 Å². The van der Waals surface area contributed by atoms with Crippen LogP contribution in [0.15, 0.2) is 30.5 Å². The molecule has 0 N–H and O–H groups in total. The molecule has 0 fully saturated rings. The standard InChI is InChI=1S/C14H14ClNO2S/c1-9(2)19-13(17)8-18-12-6-5-11(15)10-4-3-7-16-14(10)12/h3-7,9H,8H2,1-2H3. The first-order chi connectivity index (χ1) is 9.08. The van der Waals surface area contributed by atoms with Gasteiger partial charge >= 0.3 is 0 Å². The van der Waals surface area contributed by atoms with E-state index in [1.807, 2.05) is 26.0 Å².